The van der Waals surface area contributed by atoms with E-state index in [1.807, 2.05) is 30.5 Å². The summed E-state index contributed by atoms with van der Waals surface area (Å²) in [5.41, 5.74) is 0.750. The van der Waals surface area contributed by atoms with Crippen molar-refractivity contribution >= 4 is 11.7 Å². The number of urea groups is 1. The van der Waals surface area contributed by atoms with Gasteiger partial charge in [-0.1, -0.05) is 5.21 Å². The summed E-state index contributed by atoms with van der Waals surface area (Å²) < 4.78 is 6.85. The van der Waals surface area contributed by atoms with Crippen LogP contribution < -0.4 is 10.1 Å². The maximum atomic E-state index is 12.0. The normalized spacial score (nSPS) is 14.8. The van der Waals surface area contributed by atoms with Crippen LogP contribution >= 0.6 is 0 Å². The quantitative estimate of drug-likeness (QED) is 0.917. The lowest BCUT2D eigenvalue weighted by Crippen LogP contribution is -2.52. The van der Waals surface area contributed by atoms with Crippen molar-refractivity contribution in [1.82, 2.24) is 19.9 Å². The number of benzene rings is 1. The van der Waals surface area contributed by atoms with Crippen LogP contribution in [0, 0.1) is 0 Å². The van der Waals surface area contributed by atoms with Gasteiger partial charge in [0.1, 0.15) is 5.75 Å². The summed E-state index contributed by atoms with van der Waals surface area (Å²) in [7, 11) is 1.61. The van der Waals surface area contributed by atoms with Gasteiger partial charge in [0, 0.05) is 25.0 Å². The molecule has 0 radical (unpaired) electrons. The molecule has 1 aliphatic rings. The van der Waals surface area contributed by atoms with Gasteiger partial charge in [-0.05, 0) is 24.3 Å². The molecule has 0 aliphatic carbocycles. The molecule has 2 heterocycles. The van der Waals surface area contributed by atoms with E-state index in [-0.39, 0.29) is 12.1 Å². The zero-order chi connectivity index (χ0) is 13.9. The third-order valence-corrected chi connectivity index (χ3v) is 3.31. The molecule has 0 unspecified atom stereocenters. The first-order valence-corrected chi connectivity index (χ1v) is 6.32. The zero-order valence-electron chi connectivity index (χ0n) is 11.1. The summed E-state index contributed by atoms with van der Waals surface area (Å²) in [5.74, 6) is 0.762. The minimum absolute atomic E-state index is 0.105. The second kappa shape index (κ2) is 5.20. The van der Waals surface area contributed by atoms with E-state index in [0.29, 0.717) is 13.1 Å². The van der Waals surface area contributed by atoms with Crippen molar-refractivity contribution in [3.8, 4) is 5.75 Å². The van der Waals surface area contributed by atoms with Gasteiger partial charge in [0.2, 0.25) is 0 Å². The molecule has 0 saturated carbocycles. The molecule has 104 valence electrons. The highest BCUT2D eigenvalue weighted by Gasteiger charge is 2.32. The summed E-state index contributed by atoms with van der Waals surface area (Å²) >= 11 is 0. The Hall–Kier alpha value is -2.57. The molecule has 0 bridgehead atoms. The predicted octanol–water partition coefficient (Wildman–Crippen LogP) is 1.38. The van der Waals surface area contributed by atoms with Gasteiger partial charge in [0.15, 0.2) is 0 Å². The van der Waals surface area contributed by atoms with Crippen molar-refractivity contribution in [3.05, 3.63) is 36.7 Å². The molecule has 1 aromatic heterocycles. The third-order valence-electron chi connectivity index (χ3n) is 3.31. The minimum atomic E-state index is -0.105. The van der Waals surface area contributed by atoms with Gasteiger partial charge in [-0.2, -0.15) is 0 Å². The maximum Gasteiger partial charge on any atom is 0.321 e. The van der Waals surface area contributed by atoms with Gasteiger partial charge in [0.25, 0.3) is 0 Å². The van der Waals surface area contributed by atoms with E-state index >= 15 is 0 Å². The lowest BCUT2D eigenvalue weighted by atomic mass is 10.1. The first-order valence-electron chi connectivity index (χ1n) is 6.32. The summed E-state index contributed by atoms with van der Waals surface area (Å²) in [4.78, 5) is 13.7. The van der Waals surface area contributed by atoms with Crippen molar-refractivity contribution in [3.63, 3.8) is 0 Å². The van der Waals surface area contributed by atoms with E-state index < -0.39 is 0 Å². The second-order valence-corrected chi connectivity index (χ2v) is 4.60. The van der Waals surface area contributed by atoms with Gasteiger partial charge < -0.3 is 15.0 Å². The minimum Gasteiger partial charge on any atom is -0.497 e. The van der Waals surface area contributed by atoms with E-state index in [2.05, 4.69) is 15.6 Å². The van der Waals surface area contributed by atoms with Gasteiger partial charge >= 0.3 is 6.03 Å². The SMILES string of the molecule is COc1ccc(NC(=O)N2CC(n3ccnn3)C2)cc1. The topological polar surface area (TPSA) is 72.3 Å². The molecule has 20 heavy (non-hydrogen) atoms. The Bertz CT molecular complexity index is 575. The van der Waals surface area contributed by atoms with Crippen LogP contribution in [0.2, 0.25) is 0 Å². The Morgan fingerprint density at radius 2 is 2.10 bits per heavy atom. The molecule has 2 aromatic rings. The molecule has 1 N–H and O–H groups in total. The monoisotopic (exact) mass is 273 g/mol. The number of hydrogen-bond acceptors (Lipinski definition) is 4. The van der Waals surface area contributed by atoms with Crippen molar-refractivity contribution < 1.29 is 9.53 Å². The number of amides is 2. The molecule has 1 aliphatic heterocycles. The number of nitrogens with zero attached hydrogens (tertiary/aromatic N) is 4. The highest BCUT2D eigenvalue weighted by atomic mass is 16.5. The number of aromatic nitrogens is 3. The Morgan fingerprint density at radius 3 is 2.70 bits per heavy atom. The summed E-state index contributed by atoms with van der Waals surface area (Å²) in [6.45, 7) is 1.29. The van der Waals surface area contributed by atoms with Crippen LogP contribution in [-0.2, 0) is 0 Å². The fraction of sp³-hybridized carbons (Fsp3) is 0.308. The molecule has 1 saturated heterocycles. The van der Waals surface area contributed by atoms with E-state index in [1.54, 1.807) is 22.9 Å². The van der Waals surface area contributed by atoms with Gasteiger partial charge in [-0.15, -0.1) is 5.10 Å². The van der Waals surface area contributed by atoms with Crippen molar-refractivity contribution in [2.75, 3.05) is 25.5 Å². The predicted molar refractivity (Wildman–Crippen MR) is 72.6 cm³/mol. The maximum absolute atomic E-state index is 12.0. The number of rotatable bonds is 3. The molecular weight excluding hydrogens is 258 g/mol. The molecule has 7 heteroatoms. The molecule has 2 amide bonds. The molecule has 3 rings (SSSR count). The van der Waals surface area contributed by atoms with Crippen LogP contribution in [0.4, 0.5) is 10.5 Å². The number of carbonyl (C=O) groups is 1. The number of nitrogens with one attached hydrogen (secondary N) is 1. The summed E-state index contributed by atoms with van der Waals surface area (Å²) in [6.07, 6.45) is 3.45. The number of carbonyl (C=O) groups excluding carboxylic acids is 1. The van der Waals surface area contributed by atoms with Crippen molar-refractivity contribution in [2.45, 2.75) is 6.04 Å². The Labute approximate surface area is 116 Å². The van der Waals surface area contributed by atoms with Gasteiger partial charge in [-0.3, -0.25) is 0 Å². The highest BCUT2D eigenvalue weighted by Crippen LogP contribution is 2.21. The number of methoxy groups -OCH3 is 1. The Morgan fingerprint density at radius 1 is 1.35 bits per heavy atom. The smallest absolute Gasteiger partial charge is 0.321 e. The highest BCUT2D eigenvalue weighted by molar-refractivity contribution is 5.89. The standard InChI is InChI=1S/C13H15N5O2/c1-20-12-4-2-10(3-5-12)15-13(19)17-8-11(9-17)18-7-6-14-16-18/h2-7,11H,8-9H2,1H3,(H,15,19). The molecular formula is C13H15N5O2. The average Bonchev–Trinajstić information content (AvgIpc) is 2.91. The number of anilines is 1. The molecule has 7 nitrogen and oxygen atoms in total. The molecule has 0 atom stereocenters. The van der Waals surface area contributed by atoms with Crippen LogP contribution in [0.15, 0.2) is 36.7 Å². The van der Waals surface area contributed by atoms with Crippen molar-refractivity contribution in [1.29, 1.82) is 0 Å². The van der Waals surface area contributed by atoms with E-state index in [1.165, 1.54) is 0 Å². The zero-order valence-corrected chi connectivity index (χ0v) is 11.1. The summed E-state index contributed by atoms with van der Waals surface area (Å²) in [6, 6.07) is 7.36. The summed E-state index contributed by atoms with van der Waals surface area (Å²) in [5, 5.41) is 10.5. The first-order chi connectivity index (χ1) is 9.76. The van der Waals surface area contributed by atoms with Gasteiger partial charge in [0.05, 0.1) is 19.3 Å². The van der Waals surface area contributed by atoms with Crippen LogP contribution in [0.3, 0.4) is 0 Å². The fourth-order valence-corrected chi connectivity index (χ4v) is 2.08. The van der Waals surface area contributed by atoms with Crippen LogP contribution in [0.25, 0.3) is 0 Å². The fourth-order valence-electron chi connectivity index (χ4n) is 2.08. The third kappa shape index (κ3) is 2.42. The largest absolute Gasteiger partial charge is 0.497 e. The van der Waals surface area contributed by atoms with Crippen molar-refractivity contribution in [2.24, 2.45) is 0 Å². The van der Waals surface area contributed by atoms with Gasteiger partial charge in [-0.25, -0.2) is 9.48 Å². The van der Waals surface area contributed by atoms with E-state index in [0.717, 1.165) is 11.4 Å². The number of likely N-dealkylation sites (tertiary alicyclic amines) is 1. The average molecular weight is 273 g/mol. The van der Waals surface area contributed by atoms with E-state index in [4.69, 9.17) is 4.74 Å². The second-order valence-electron chi connectivity index (χ2n) is 4.60. The Kier molecular flexibility index (Phi) is 3.24. The molecule has 1 fully saturated rings. The van der Waals surface area contributed by atoms with Crippen LogP contribution in [-0.4, -0.2) is 46.1 Å². The Balaban J connectivity index is 1.53. The van der Waals surface area contributed by atoms with E-state index in [9.17, 15) is 4.79 Å². The number of hydrogen-bond donors (Lipinski definition) is 1. The lowest BCUT2D eigenvalue weighted by Gasteiger charge is -2.38. The first kappa shape index (κ1) is 12.5. The molecule has 0 spiro atoms. The number of ether oxygens (including phenoxy) is 1. The molecule has 1 aromatic carbocycles. The van der Waals surface area contributed by atoms with Crippen LogP contribution in [0.1, 0.15) is 6.04 Å². The lowest BCUT2D eigenvalue weighted by molar-refractivity contribution is 0.127. The van der Waals surface area contributed by atoms with Crippen LogP contribution in [0.5, 0.6) is 5.75 Å².